The first kappa shape index (κ1) is 32.5. The van der Waals surface area contributed by atoms with Crippen molar-refractivity contribution in [2.45, 2.75) is 62.3 Å². The average molecular weight is 641 g/mol. The molecule has 1 unspecified atom stereocenters. The number of allylic oxidation sites excluding steroid dienone is 3. The molecule has 1 aliphatic rings. The lowest BCUT2D eigenvalue weighted by atomic mass is 9.84. The van der Waals surface area contributed by atoms with E-state index < -0.39 is 0 Å². The zero-order valence-electron chi connectivity index (χ0n) is 30.5. The molecule has 0 saturated carbocycles. The molecule has 0 aromatic heterocycles. The Morgan fingerprint density at radius 2 is 0.796 bits per heavy atom. The zero-order valence-corrected chi connectivity index (χ0v) is 30.5. The molecule has 6 aromatic rings. The number of anilines is 5. The summed E-state index contributed by atoms with van der Waals surface area (Å²) in [5.74, 6) is 0.932. The molecule has 0 saturated heterocycles. The summed E-state index contributed by atoms with van der Waals surface area (Å²) in [4.78, 5) is 5.02. The third kappa shape index (κ3) is 5.74. The SMILES string of the molecule is CC1=CC(N(c2ccc(C)c(C)c2)c2c3ccccc3c(N(c3ccc(C)c(C)c3)c3ccc(C)c(C)c3)c3ccccc23)=CC(C)[C@@H]1C. The molecular weight excluding hydrogens is 593 g/mol. The Morgan fingerprint density at radius 1 is 0.429 bits per heavy atom. The fourth-order valence-corrected chi connectivity index (χ4v) is 7.35. The van der Waals surface area contributed by atoms with Gasteiger partial charge in [-0.05, 0) is 136 Å². The fraction of sp³-hybridized carbons (Fsp3) is 0.234. The molecule has 0 amide bonds. The number of benzene rings is 6. The molecule has 6 aromatic carbocycles. The minimum absolute atomic E-state index is 0.427. The van der Waals surface area contributed by atoms with Crippen LogP contribution in [0.1, 0.15) is 54.2 Å². The summed E-state index contributed by atoms with van der Waals surface area (Å²) in [7, 11) is 0. The molecule has 49 heavy (non-hydrogen) atoms. The molecule has 2 nitrogen and oxygen atoms in total. The molecule has 0 heterocycles. The number of rotatable bonds is 6. The maximum absolute atomic E-state index is 2.53. The molecule has 7 rings (SSSR count). The predicted octanol–water partition coefficient (Wildman–Crippen LogP) is 13.6. The Bertz CT molecular complexity index is 2190. The summed E-state index contributed by atoms with van der Waals surface area (Å²) in [6.45, 7) is 20.2. The molecule has 0 fully saturated rings. The summed E-state index contributed by atoms with van der Waals surface area (Å²) >= 11 is 0. The van der Waals surface area contributed by atoms with Gasteiger partial charge in [-0.3, -0.25) is 0 Å². The number of aryl methyl sites for hydroxylation is 6. The van der Waals surface area contributed by atoms with Gasteiger partial charge in [0.15, 0.2) is 0 Å². The van der Waals surface area contributed by atoms with Gasteiger partial charge in [-0.2, -0.15) is 0 Å². The highest BCUT2D eigenvalue weighted by molar-refractivity contribution is 6.23. The van der Waals surface area contributed by atoms with Crippen LogP contribution in [0.3, 0.4) is 0 Å². The minimum Gasteiger partial charge on any atom is -0.310 e. The number of hydrogen-bond donors (Lipinski definition) is 0. The second-order valence-electron chi connectivity index (χ2n) is 14.4. The number of nitrogens with zero attached hydrogens (tertiary/aromatic N) is 2. The molecule has 0 radical (unpaired) electrons. The summed E-state index contributed by atoms with van der Waals surface area (Å²) < 4.78 is 0. The van der Waals surface area contributed by atoms with Gasteiger partial charge in [0.1, 0.15) is 0 Å². The van der Waals surface area contributed by atoms with Crippen LogP contribution in [0, 0.1) is 53.4 Å². The van der Waals surface area contributed by atoms with Crippen LogP contribution in [0.25, 0.3) is 21.5 Å². The van der Waals surface area contributed by atoms with E-state index in [2.05, 4.69) is 187 Å². The van der Waals surface area contributed by atoms with E-state index in [9.17, 15) is 0 Å². The highest BCUT2D eigenvalue weighted by Gasteiger charge is 2.28. The van der Waals surface area contributed by atoms with E-state index in [0.29, 0.717) is 11.8 Å². The standard InChI is InChI=1S/C47H48N2/c1-29-18-21-38(24-32(29)4)48(39-22-19-30(2)33(5)25-39)46-42-14-10-12-16-44(42)47(45-17-13-11-15-43(45)46)49(40-23-20-31(3)34(6)26-40)41-27-35(7)37(9)36(8)28-41/h10-28,35,37H,1-9H3/t35?,37-/m0/s1. The summed E-state index contributed by atoms with van der Waals surface area (Å²) in [5, 5.41) is 4.90. The van der Waals surface area contributed by atoms with Crippen molar-refractivity contribution < 1.29 is 0 Å². The molecule has 0 aliphatic heterocycles. The van der Waals surface area contributed by atoms with E-state index in [1.54, 1.807) is 0 Å². The van der Waals surface area contributed by atoms with Gasteiger partial charge in [-0.15, -0.1) is 0 Å². The summed E-state index contributed by atoms with van der Waals surface area (Å²) in [6.07, 6.45) is 4.88. The van der Waals surface area contributed by atoms with Crippen molar-refractivity contribution in [3.63, 3.8) is 0 Å². The van der Waals surface area contributed by atoms with Crippen LogP contribution in [-0.4, -0.2) is 0 Å². The van der Waals surface area contributed by atoms with Gasteiger partial charge in [-0.1, -0.05) is 92.2 Å². The normalized spacial score (nSPS) is 16.1. The first-order valence-corrected chi connectivity index (χ1v) is 17.7. The maximum Gasteiger partial charge on any atom is 0.0619 e. The van der Waals surface area contributed by atoms with Gasteiger partial charge in [0.25, 0.3) is 0 Å². The Labute approximate surface area is 293 Å². The third-order valence-electron chi connectivity index (χ3n) is 11.1. The van der Waals surface area contributed by atoms with Crippen molar-refractivity contribution in [1.82, 2.24) is 0 Å². The quantitative estimate of drug-likeness (QED) is 0.132. The topological polar surface area (TPSA) is 6.48 Å². The van der Waals surface area contributed by atoms with Crippen LogP contribution < -0.4 is 9.80 Å². The first-order chi connectivity index (χ1) is 23.5. The van der Waals surface area contributed by atoms with Crippen LogP contribution in [-0.2, 0) is 0 Å². The monoisotopic (exact) mass is 640 g/mol. The second kappa shape index (κ2) is 12.7. The Balaban J connectivity index is 1.61. The lowest BCUT2D eigenvalue weighted by Crippen LogP contribution is -2.22. The predicted molar refractivity (Wildman–Crippen MR) is 213 cm³/mol. The van der Waals surface area contributed by atoms with Gasteiger partial charge >= 0.3 is 0 Å². The number of hydrogen-bond acceptors (Lipinski definition) is 2. The molecule has 0 spiro atoms. The Hall–Kier alpha value is -5.08. The van der Waals surface area contributed by atoms with Gasteiger partial charge in [0, 0.05) is 44.3 Å². The van der Waals surface area contributed by atoms with Crippen molar-refractivity contribution in [2.75, 3.05) is 9.80 Å². The lowest BCUT2D eigenvalue weighted by Gasteiger charge is -2.35. The van der Waals surface area contributed by atoms with E-state index in [4.69, 9.17) is 0 Å². The van der Waals surface area contributed by atoms with Crippen LogP contribution in [0.4, 0.5) is 28.4 Å². The van der Waals surface area contributed by atoms with E-state index in [-0.39, 0.29) is 0 Å². The van der Waals surface area contributed by atoms with Crippen molar-refractivity contribution in [2.24, 2.45) is 11.8 Å². The number of fused-ring (bicyclic) bond motifs is 2. The van der Waals surface area contributed by atoms with E-state index >= 15 is 0 Å². The summed E-state index contributed by atoms with van der Waals surface area (Å²) in [6, 6.07) is 38.7. The van der Waals surface area contributed by atoms with Crippen LogP contribution in [0.2, 0.25) is 0 Å². The van der Waals surface area contributed by atoms with Gasteiger partial charge in [0.2, 0.25) is 0 Å². The average Bonchev–Trinajstić information content (AvgIpc) is 3.09. The highest BCUT2D eigenvalue weighted by atomic mass is 15.2. The molecular formula is C47H48N2. The van der Waals surface area contributed by atoms with Crippen molar-refractivity contribution >= 4 is 50.0 Å². The Kier molecular flexibility index (Phi) is 8.45. The van der Waals surface area contributed by atoms with Crippen LogP contribution in [0.5, 0.6) is 0 Å². The van der Waals surface area contributed by atoms with Crippen molar-refractivity contribution in [3.05, 3.63) is 160 Å². The molecule has 1 aliphatic carbocycles. The molecule has 2 atom stereocenters. The largest absolute Gasteiger partial charge is 0.310 e. The maximum atomic E-state index is 2.53. The van der Waals surface area contributed by atoms with E-state index in [1.165, 1.54) is 83.3 Å². The molecule has 0 bridgehead atoms. The summed E-state index contributed by atoms with van der Waals surface area (Å²) in [5.41, 5.74) is 16.3. The van der Waals surface area contributed by atoms with Crippen LogP contribution >= 0.6 is 0 Å². The molecule has 246 valence electrons. The first-order valence-electron chi connectivity index (χ1n) is 17.7. The lowest BCUT2D eigenvalue weighted by molar-refractivity contribution is 0.518. The van der Waals surface area contributed by atoms with E-state index in [0.717, 1.165) is 11.4 Å². The molecule has 2 heteroatoms. The second-order valence-corrected chi connectivity index (χ2v) is 14.4. The minimum atomic E-state index is 0.427. The zero-order chi connectivity index (χ0) is 34.6. The van der Waals surface area contributed by atoms with Gasteiger partial charge in [0.05, 0.1) is 11.4 Å². The van der Waals surface area contributed by atoms with Crippen molar-refractivity contribution in [1.29, 1.82) is 0 Å². The smallest absolute Gasteiger partial charge is 0.0619 e. The van der Waals surface area contributed by atoms with Gasteiger partial charge < -0.3 is 9.80 Å². The van der Waals surface area contributed by atoms with Crippen LogP contribution in [0.15, 0.2) is 127 Å². The molecule has 0 N–H and O–H groups in total. The highest BCUT2D eigenvalue weighted by Crippen LogP contribution is 2.51. The third-order valence-corrected chi connectivity index (χ3v) is 11.1. The fourth-order valence-electron chi connectivity index (χ4n) is 7.35. The Morgan fingerprint density at radius 3 is 1.16 bits per heavy atom. The van der Waals surface area contributed by atoms with Gasteiger partial charge in [-0.25, -0.2) is 0 Å². The van der Waals surface area contributed by atoms with Crippen molar-refractivity contribution in [3.8, 4) is 0 Å². The van der Waals surface area contributed by atoms with E-state index in [1.807, 2.05) is 0 Å².